The van der Waals surface area contributed by atoms with Gasteiger partial charge in [0.25, 0.3) is 0 Å². The van der Waals surface area contributed by atoms with Gasteiger partial charge in [-0.25, -0.2) is 0 Å². The van der Waals surface area contributed by atoms with Crippen molar-refractivity contribution in [1.29, 1.82) is 0 Å². The predicted molar refractivity (Wildman–Crippen MR) is 81.7 cm³/mol. The monoisotopic (exact) mass is 337 g/mol. The van der Waals surface area contributed by atoms with E-state index < -0.39 is 33.2 Å². The van der Waals surface area contributed by atoms with Gasteiger partial charge in [-0.15, -0.1) is 0 Å². The normalized spacial score (nSPS) is 13.0. The highest BCUT2D eigenvalue weighted by molar-refractivity contribution is 6.60. The maximum absolute atomic E-state index is 10.9. The van der Waals surface area contributed by atoms with Crippen molar-refractivity contribution in [3.63, 3.8) is 0 Å². The van der Waals surface area contributed by atoms with Gasteiger partial charge in [-0.05, 0) is 33.7 Å². The summed E-state index contributed by atoms with van der Waals surface area (Å²) in [4.78, 5) is 21.5. The minimum absolute atomic E-state index is 0.353. The first kappa shape index (κ1) is 21.0. The molecule has 0 saturated heterocycles. The molecule has 0 rings (SSSR count). The lowest BCUT2D eigenvalue weighted by atomic mass is 10.2. The van der Waals surface area contributed by atoms with Crippen LogP contribution in [0.5, 0.6) is 0 Å². The zero-order valence-electron chi connectivity index (χ0n) is 13.5. The van der Waals surface area contributed by atoms with Crippen molar-refractivity contribution in [3.8, 4) is 0 Å². The van der Waals surface area contributed by atoms with Crippen molar-refractivity contribution in [2.24, 2.45) is 0 Å². The molecule has 0 aromatic rings. The third-order valence-electron chi connectivity index (χ3n) is 2.82. The lowest BCUT2D eigenvalue weighted by molar-refractivity contribution is -0.145. The third kappa shape index (κ3) is 8.44. The zero-order chi connectivity index (χ0) is 17.0. The van der Waals surface area contributed by atoms with Crippen molar-refractivity contribution in [3.05, 3.63) is 0 Å². The lowest BCUT2D eigenvalue weighted by Crippen LogP contribution is -2.47. The van der Waals surface area contributed by atoms with Crippen LogP contribution >= 0.6 is 0 Å². The molecule has 1 unspecified atom stereocenters. The molecular formula is C13H27NO7Si. The molecule has 22 heavy (non-hydrogen) atoms. The average Bonchev–Trinajstić information content (AvgIpc) is 2.42. The van der Waals surface area contributed by atoms with Gasteiger partial charge in [0.1, 0.15) is 6.04 Å². The van der Waals surface area contributed by atoms with Gasteiger partial charge < -0.3 is 28.8 Å². The quantitative estimate of drug-likeness (QED) is 0.317. The van der Waals surface area contributed by atoms with Gasteiger partial charge in [0, 0.05) is 25.9 Å². The van der Waals surface area contributed by atoms with Crippen LogP contribution in [0.25, 0.3) is 0 Å². The molecule has 0 aliphatic carbocycles. The Hall–Kier alpha value is -1.00. The second kappa shape index (κ2) is 11.5. The molecule has 0 aliphatic heterocycles. The average molecular weight is 337 g/mol. The fraction of sp³-hybridized carbons (Fsp3) is 0.846. The maximum Gasteiger partial charge on any atom is 0.500 e. The van der Waals surface area contributed by atoms with Gasteiger partial charge in [0.15, 0.2) is 0 Å². The Morgan fingerprint density at radius 3 is 1.91 bits per heavy atom. The number of carboxylic acid groups (broad SMARTS) is 2. The second-order valence-electron chi connectivity index (χ2n) is 4.53. The lowest BCUT2D eigenvalue weighted by Gasteiger charge is -2.28. The molecule has 0 aromatic heterocycles. The molecule has 0 heterocycles. The summed E-state index contributed by atoms with van der Waals surface area (Å²) in [5.74, 6) is -2.33. The summed E-state index contributed by atoms with van der Waals surface area (Å²) in [7, 11) is -2.73. The Morgan fingerprint density at radius 1 is 1.05 bits per heavy atom. The first-order valence-electron chi connectivity index (χ1n) is 7.50. The summed E-state index contributed by atoms with van der Waals surface area (Å²) in [6.45, 7) is 7.40. The smallest absolute Gasteiger partial charge is 0.481 e. The van der Waals surface area contributed by atoms with E-state index in [0.717, 1.165) is 0 Å². The van der Waals surface area contributed by atoms with Gasteiger partial charge in [0.2, 0.25) is 0 Å². The van der Waals surface area contributed by atoms with Crippen LogP contribution in [0.2, 0.25) is 6.04 Å². The van der Waals surface area contributed by atoms with E-state index in [1.165, 1.54) is 0 Å². The largest absolute Gasteiger partial charge is 0.500 e. The van der Waals surface area contributed by atoms with Crippen LogP contribution < -0.4 is 5.32 Å². The molecule has 0 radical (unpaired) electrons. The number of hydrogen-bond acceptors (Lipinski definition) is 6. The first-order chi connectivity index (χ1) is 10.4. The maximum atomic E-state index is 10.9. The summed E-state index contributed by atoms with van der Waals surface area (Å²) in [6.07, 6.45) is 0.121. The molecule has 3 N–H and O–H groups in total. The number of carboxylic acids is 2. The van der Waals surface area contributed by atoms with E-state index in [4.69, 9.17) is 23.5 Å². The van der Waals surface area contributed by atoms with E-state index in [1.807, 2.05) is 20.8 Å². The van der Waals surface area contributed by atoms with Crippen molar-refractivity contribution >= 4 is 20.7 Å². The van der Waals surface area contributed by atoms with Gasteiger partial charge >= 0.3 is 20.7 Å². The number of aliphatic carboxylic acids is 2. The molecule has 0 amide bonds. The first-order valence-corrected chi connectivity index (χ1v) is 9.43. The molecule has 0 spiro atoms. The second-order valence-corrected chi connectivity index (χ2v) is 7.26. The van der Waals surface area contributed by atoms with Gasteiger partial charge in [-0.1, -0.05) is 0 Å². The van der Waals surface area contributed by atoms with Gasteiger partial charge in [-0.3, -0.25) is 9.59 Å². The molecular weight excluding hydrogens is 310 g/mol. The highest BCUT2D eigenvalue weighted by atomic mass is 28.4. The van der Waals surface area contributed by atoms with E-state index in [1.54, 1.807) is 0 Å². The molecule has 9 heteroatoms. The van der Waals surface area contributed by atoms with Crippen LogP contribution in [0, 0.1) is 0 Å². The third-order valence-corrected chi connectivity index (χ3v) is 5.97. The zero-order valence-corrected chi connectivity index (χ0v) is 14.5. The summed E-state index contributed by atoms with van der Waals surface area (Å²) >= 11 is 0. The molecule has 0 fully saturated rings. The molecule has 0 saturated carbocycles. The van der Waals surface area contributed by atoms with Crippen molar-refractivity contribution < 1.29 is 33.1 Å². The van der Waals surface area contributed by atoms with Crippen molar-refractivity contribution in [2.45, 2.75) is 45.7 Å². The molecule has 8 nitrogen and oxygen atoms in total. The molecule has 0 bridgehead atoms. The van der Waals surface area contributed by atoms with Crippen LogP contribution in [-0.2, 0) is 22.9 Å². The Morgan fingerprint density at radius 2 is 1.55 bits per heavy atom. The van der Waals surface area contributed by atoms with E-state index in [0.29, 0.717) is 38.8 Å². The van der Waals surface area contributed by atoms with Crippen LogP contribution in [0.1, 0.15) is 33.6 Å². The molecule has 0 aromatic carbocycles. The highest BCUT2D eigenvalue weighted by Gasteiger charge is 2.39. The standard InChI is InChI=1S/C13H27NO7Si/c1-4-19-22(20-5-2,21-6-3)9-7-8-14-11(13(17)18)10-12(15)16/h11,14H,4-10H2,1-3H3,(H,15,16)(H,17,18). The van der Waals surface area contributed by atoms with Crippen LogP contribution in [0.3, 0.4) is 0 Å². The minimum atomic E-state index is -2.73. The highest BCUT2D eigenvalue weighted by Crippen LogP contribution is 2.17. The van der Waals surface area contributed by atoms with Gasteiger partial charge in [0.05, 0.1) is 6.42 Å². The SMILES string of the molecule is CCO[Si](CCCNC(CC(=O)O)C(=O)O)(OCC)OCC. The van der Waals surface area contributed by atoms with E-state index in [2.05, 4.69) is 5.32 Å². The number of hydrogen-bond donors (Lipinski definition) is 3. The molecule has 1 atom stereocenters. The number of nitrogens with one attached hydrogen (secondary N) is 1. The van der Waals surface area contributed by atoms with Crippen LogP contribution in [0.4, 0.5) is 0 Å². The van der Waals surface area contributed by atoms with Crippen LogP contribution in [0.15, 0.2) is 0 Å². The molecule has 130 valence electrons. The van der Waals surface area contributed by atoms with E-state index >= 15 is 0 Å². The Kier molecular flexibility index (Phi) is 11.0. The van der Waals surface area contributed by atoms with Crippen molar-refractivity contribution in [1.82, 2.24) is 5.32 Å². The topological polar surface area (TPSA) is 114 Å². The fourth-order valence-corrected chi connectivity index (χ4v) is 4.62. The van der Waals surface area contributed by atoms with Crippen LogP contribution in [-0.4, -0.2) is 63.4 Å². The van der Waals surface area contributed by atoms with Gasteiger partial charge in [-0.2, -0.15) is 0 Å². The minimum Gasteiger partial charge on any atom is -0.481 e. The van der Waals surface area contributed by atoms with E-state index in [-0.39, 0.29) is 0 Å². The Balaban J connectivity index is 4.40. The van der Waals surface area contributed by atoms with Crippen molar-refractivity contribution in [2.75, 3.05) is 26.4 Å². The number of rotatable bonds is 14. The Bertz CT molecular complexity index is 323. The van der Waals surface area contributed by atoms with E-state index in [9.17, 15) is 9.59 Å². The Labute approximate surface area is 132 Å². The summed E-state index contributed by atoms with van der Waals surface area (Å²) in [5, 5.41) is 20.3. The summed E-state index contributed by atoms with van der Waals surface area (Å²) in [6, 6.07) is -0.547. The predicted octanol–water partition coefficient (Wildman–Crippen LogP) is 0.942. The summed E-state index contributed by atoms with van der Waals surface area (Å²) in [5.41, 5.74) is 0. The number of carbonyl (C=O) groups is 2. The fourth-order valence-electron chi connectivity index (χ4n) is 2.00. The summed E-state index contributed by atoms with van der Waals surface area (Å²) < 4.78 is 17.1. The molecule has 0 aliphatic rings.